The van der Waals surface area contributed by atoms with Crippen LogP contribution < -0.4 is 5.73 Å². The third-order valence-electron chi connectivity index (χ3n) is 2.59. The second-order valence-corrected chi connectivity index (χ2v) is 3.97. The number of ether oxygens (including phenoxy) is 1. The van der Waals surface area contributed by atoms with Crippen molar-refractivity contribution in [2.75, 3.05) is 12.3 Å². The Hall–Kier alpha value is -2.58. The number of esters is 1. The van der Waals surface area contributed by atoms with Crippen molar-refractivity contribution in [1.82, 2.24) is 14.5 Å². The molecule has 0 spiro atoms. The zero-order valence-corrected chi connectivity index (χ0v) is 10.9. The van der Waals surface area contributed by atoms with Gasteiger partial charge in [0.15, 0.2) is 5.69 Å². The van der Waals surface area contributed by atoms with Crippen molar-refractivity contribution in [1.29, 1.82) is 0 Å². The van der Waals surface area contributed by atoms with Crippen LogP contribution in [0, 0.1) is 0 Å². The van der Waals surface area contributed by atoms with Crippen LogP contribution in [0.3, 0.4) is 0 Å². The molecule has 9 heteroatoms. The molecule has 0 aliphatic carbocycles. The van der Waals surface area contributed by atoms with Crippen molar-refractivity contribution < 1.29 is 22.7 Å². The molecule has 0 radical (unpaired) electrons. The van der Waals surface area contributed by atoms with Crippen LogP contribution >= 0.6 is 0 Å². The van der Waals surface area contributed by atoms with E-state index in [1.54, 1.807) is 6.92 Å². The van der Waals surface area contributed by atoms with Crippen LogP contribution in [0.5, 0.6) is 0 Å². The van der Waals surface area contributed by atoms with Crippen molar-refractivity contribution in [2.24, 2.45) is 0 Å². The maximum absolute atomic E-state index is 12.4. The number of carbonyl (C=O) groups excluding carboxylic acids is 1. The normalized spacial score (nSPS) is 11.4. The van der Waals surface area contributed by atoms with Gasteiger partial charge in [-0.15, -0.1) is 0 Å². The number of carbonyl (C=O) groups is 1. The number of anilines is 1. The Kier molecular flexibility index (Phi) is 3.83. The number of alkyl halides is 3. The predicted molar refractivity (Wildman–Crippen MR) is 66.7 cm³/mol. The van der Waals surface area contributed by atoms with Crippen LogP contribution in [0.4, 0.5) is 19.0 Å². The van der Waals surface area contributed by atoms with Crippen molar-refractivity contribution in [3.8, 4) is 5.69 Å². The number of aromatic nitrogens is 3. The molecule has 2 N–H and O–H groups in total. The van der Waals surface area contributed by atoms with E-state index in [0.717, 1.165) is 12.3 Å². The van der Waals surface area contributed by atoms with E-state index >= 15 is 0 Å². The van der Waals surface area contributed by atoms with Gasteiger partial charge < -0.3 is 10.5 Å². The largest absolute Gasteiger partial charge is 0.461 e. The molecule has 6 nitrogen and oxygen atoms in total. The summed E-state index contributed by atoms with van der Waals surface area (Å²) in [5.74, 6) is -0.733. The van der Waals surface area contributed by atoms with Gasteiger partial charge in [-0.1, -0.05) is 0 Å². The molecule has 112 valence electrons. The quantitative estimate of drug-likeness (QED) is 0.877. The Labute approximate surface area is 117 Å². The highest BCUT2D eigenvalue weighted by Crippen LogP contribution is 2.28. The summed E-state index contributed by atoms with van der Waals surface area (Å²) in [6, 6.07) is 2.00. The Morgan fingerprint density at radius 3 is 2.62 bits per heavy atom. The average molecular weight is 300 g/mol. The van der Waals surface area contributed by atoms with Gasteiger partial charge in [0.2, 0.25) is 0 Å². The van der Waals surface area contributed by atoms with E-state index in [1.165, 1.54) is 17.0 Å². The molecule has 2 rings (SSSR count). The van der Waals surface area contributed by atoms with Crippen LogP contribution in [0.15, 0.2) is 24.7 Å². The van der Waals surface area contributed by atoms with Gasteiger partial charge in [-0.25, -0.2) is 14.8 Å². The van der Waals surface area contributed by atoms with Crippen molar-refractivity contribution in [3.05, 3.63) is 36.0 Å². The van der Waals surface area contributed by atoms with Gasteiger partial charge in [0, 0.05) is 0 Å². The first kappa shape index (κ1) is 14.8. The Bertz CT molecular complexity index is 650. The van der Waals surface area contributed by atoms with E-state index in [9.17, 15) is 18.0 Å². The third kappa shape index (κ3) is 2.96. The maximum atomic E-state index is 12.4. The molecule has 2 aromatic heterocycles. The predicted octanol–water partition coefficient (Wildman–Crippen LogP) is 2.04. The number of pyridine rings is 1. The van der Waals surface area contributed by atoms with E-state index in [4.69, 9.17) is 10.5 Å². The van der Waals surface area contributed by atoms with E-state index in [0.29, 0.717) is 0 Å². The molecule has 21 heavy (non-hydrogen) atoms. The van der Waals surface area contributed by atoms with Crippen molar-refractivity contribution in [2.45, 2.75) is 13.1 Å². The van der Waals surface area contributed by atoms with Gasteiger partial charge >= 0.3 is 12.1 Å². The number of imidazole rings is 1. The summed E-state index contributed by atoms with van der Waals surface area (Å²) in [4.78, 5) is 18.7. The molecule has 0 fully saturated rings. The highest BCUT2D eigenvalue weighted by Gasteiger charge is 2.32. The topological polar surface area (TPSA) is 83.0 Å². The first-order valence-corrected chi connectivity index (χ1v) is 5.88. The number of hydrogen-bond donors (Lipinski definition) is 1. The summed E-state index contributed by atoms with van der Waals surface area (Å²) in [5.41, 5.74) is 4.88. The SMILES string of the molecule is CCOC(=O)c1ncn(-c2ccc(C(F)(F)F)nc2)c1N. The number of halogens is 3. The van der Waals surface area contributed by atoms with E-state index in [-0.39, 0.29) is 23.8 Å². The van der Waals surface area contributed by atoms with Crippen LogP contribution in [-0.2, 0) is 10.9 Å². The average Bonchev–Trinajstić information content (AvgIpc) is 2.80. The molecule has 0 atom stereocenters. The molecule has 0 saturated heterocycles. The van der Waals surface area contributed by atoms with Gasteiger partial charge in [-0.2, -0.15) is 13.2 Å². The fraction of sp³-hybridized carbons (Fsp3) is 0.250. The standard InChI is InChI=1S/C12H11F3N4O2/c1-2-21-11(20)9-10(16)19(6-18-9)7-3-4-8(17-5-7)12(13,14)15/h3-6H,2,16H2,1H3. The highest BCUT2D eigenvalue weighted by atomic mass is 19.4. The first-order valence-electron chi connectivity index (χ1n) is 5.88. The maximum Gasteiger partial charge on any atom is 0.433 e. The molecule has 0 unspecified atom stereocenters. The lowest BCUT2D eigenvalue weighted by molar-refractivity contribution is -0.141. The molecule has 0 saturated carbocycles. The molecule has 0 aliphatic heterocycles. The van der Waals surface area contributed by atoms with Crippen LogP contribution in [0.2, 0.25) is 0 Å². The molecular weight excluding hydrogens is 289 g/mol. The van der Waals surface area contributed by atoms with Crippen molar-refractivity contribution >= 4 is 11.8 Å². The minimum absolute atomic E-state index is 0.0324. The number of rotatable bonds is 3. The Morgan fingerprint density at radius 1 is 1.38 bits per heavy atom. The summed E-state index contributed by atoms with van der Waals surface area (Å²) in [5, 5.41) is 0. The number of hydrogen-bond acceptors (Lipinski definition) is 5. The van der Waals surface area contributed by atoms with Gasteiger partial charge in [-0.3, -0.25) is 4.57 Å². The summed E-state index contributed by atoms with van der Waals surface area (Å²) < 4.78 is 43.3. The van der Waals surface area contributed by atoms with Crippen LogP contribution in [0.25, 0.3) is 5.69 Å². The lowest BCUT2D eigenvalue weighted by atomic mass is 10.3. The molecule has 0 amide bonds. The Morgan fingerprint density at radius 2 is 2.10 bits per heavy atom. The third-order valence-corrected chi connectivity index (χ3v) is 2.59. The summed E-state index contributed by atoms with van der Waals surface area (Å²) in [6.07, 6.45) is -2.31. The van der Waals surface area contributed by atoms with Crippen molar-refractivity contribution in [3.63, 3.8) is 0 Å². The monoisotopic (exact) mass is 300 g/mol. The lowest BCUT2D eigenvalue weighted by Crippen LogP contribution is -2.10. The van der Waals surface area contributed by atoms with Gasteiger partial charge in [0.1, 0.15) is 17.8 Å². The molecular formula is C12H11F3N4O2. The zero-order valence-electron chi connectivity index (χ0n) is 10.9. The Balaban J connectivity index is 2.33. The highest BCUT2D eigenvalue weighted by molar-refractivity contribution is 5.92. The lowest BCUT2D eigenvalue weighted by Gasteiger charge is -2.08. The van der Waals surface area contributed by atoms with E-state index in [1.807, 2.05) is 0 Å². The second kappa shape index (κ2) is 5.43. The summed E-state index contributed by atoms with van der Waals surface area (Å²) in [6.45, 7) is 1.79. The molecule has 2 aromatic rings. The zero-order chi connectivity index (χ0) is 15.6. The first-order chi connectivity index (χ1) is 9.84. The smallest absolute Gasteiger partial charge is 0.433 e. The molecule has 0 bridgehead atoms. The summed E-state index contributed by atoms with van der Waals surface area (Å²) >= 11 is 0. The molecule has 2 heterocycles. The fourth-order valence-corrected chi connectivity index (χ4v) is 1.62. The van der Waals surface area contributed by atoms with E-state index < -0.39 is 17.8 Å². The summed E-state index contributed by atoms with van der Waals surface area (Å²) in [7, 11) is 0. The molecule has 0 aromatic carbocycles. The van der Waals surface area contributed by atoms with Crippen LogP contribution in [-0.4, -0.2) is 27.1 Å². The number of nitrogens with zero attached hydrogens (tertiary/aromatic N) is 3. The minimum Gasteiger partial charge on any atom is -0.461 e. The fourth-order valence-electron chi connectivity index (χ4n) is 1.62. The van der Waals surface area contributed by atoms with Gasteiger partial charge in [0.25, 0.3) is 0 Å². The van der Waals surface area contributed by atoms with Gasteiger partial charge in [0.05, 0.1) is 18.5 Å². The number of nitrogen functional groups attached to an aromatic ring is 1. The van der Waals surface area contributed by atoms with E-state index in [2.05, 4.69) is 9.97 Å². The minimum atomic E-state index is -4.52. The second-order valence-electron chi connectivity index (χ2n) is 3.97. The van der Waals surface area contributed by atoms with Crippen LogP contribution in [0.1, 0.15) is 23.1 Å². The van der Waals surface area contributed by atoms with Gasteiger partial charge in [-0.05, 0) is 19.1 Å². The molecule has 0 aliphatic rings. The number of nitrogens with two attached hydrogens (primary N) is 1.